The molecule has 0 aromatic heterocycles. The van der Waals surface area contributed by atoms with Crippen LogP contribution in [-0.4, -0.2) is 23.5 Å². The van der Waals surface area contributed by atoms with Crippen molar-refractivity contribution in [1.82, 2.24) is 5.32 Å². The zero-order valence-corrected chi connectivity index (χ0v) is 26.2. The zero-order chi connectivity index (χ0) is 31.9. The van der Waals surface area contributed by atoms with Gasteiger partial charge in [0, 0.05) is 16.1 Å². The molecule has 0 saturated heterocycles. The first kappa shape index (κ1) is 30.6. The maximum atomic E-state index is 13.7. The van der Waals surface area contributed by atoms with Gasteiger partial charge in [-0.2, -0.15) is 0 Å². The van der Waals surface area contributed by atoms with Crippen molar-refractivity contribution in [3.8, 4) is 0 Å². The van der Waals surface area contributed by atoms with Gasteiger partial charge in [0.1, 0.15) is 5.70 Å². The molecule has 0 unspecified atom stereocenters. The fraction of sp³-hybridized carbons (Fsp3) is 0.103. The third-order valence-corrected chi connectivity index (χ3v) is 8.87. The molecule has 46 heavy (non-hydrogen) atoms. The summed E-state index contributed by atoms with van der Waals surface area (Å²) < 4.78 is 0. The van der Waals surface area contributed by atoms with Gasteiger partial charge >= 0.3 is 0 Å². The van der Waals surface area contributed by atoms with Gasteiger partial charge < -0.3 is 10.6 Å². The molecule has 5 aromatic carbocycles. The van der Waals surface area contributed by atoms with Crippen molar-refractivity contribution in [3.05, 3.63) is 161 Å². The van der Waals surface area contributed by atoms with Crippen LogP contribution < -0.4 is 15.5 Å². The lowest BCUT2D eigenvalue weighted by Crippen LogP contribution is -2.30. The Bertz CT molecular complexity index is 1870. The van der Waals surface area contributed by atoms with E-state index in [1.54, 1.807) is 42.5 Å². The van der Waals surface area contributed by atoms with Gasteiger partial charge in [0.25, 0.3) is 11.8 Å². The Kier molecular flexibility index (Phi) is 9.41. The number of nitrogens with one attached hydrogen (secondary N) is 2. The highest BCUT2D eigenvalue weighted by Crippen LogP contribution is 2.37. The van der Waals surface area contributed by atoms with Crippen LogP contribution in [0.15, 0.2) is 138 Å². The number of para-hydroxylation sites is 2. The van der Waals surface area contributed by atoms with Crippen LogP contribution in [0.1, 0.15) is 32.6 Å². The molecule has 1 aliphatic heterocycles. The molecule has 1 aliphatic rings. The Morgan fingerprint density at radius 3 is 1.96 bits per heavy atom. The highest BCUT2D eigenvalue weighted by Gasteiger charge is 2.25. The first-order valence-corrected chi connectivity index (χ1v) is 16.1. The molecule has 0 spiro atoms. The van der Waals surface area contributed by atoms with Crippen molar-refractivity contribution in [2.45, 2.75) is 24.7 Å². The highest BCUT2D eigenvalue weighted by atomic mass is 32.2. The zero-order valence-electron chi connectivity index (χ0n) is 25.4. The van der Waals surface area contributed by atoms with Crippen molar-refractivity contribution < 1.29 is 14.4 Å². The number of anilines is 3. The molecular formula is C39H33N3O3S. The average molecular weight is 624 g/mol. The van der Waals surface area contributed by atoms with Crippen LogP contribution in [0.3, 0.4) is 0 Å². The van der Waals surface area contributed by atoms with Crippen LogP contribution in [0.4, 0.5) is 17.1 Å². The number of rotatable bonds is 8. The van der Waals surface area contributed by atoms with Gasteiger partial charge in [0.15, 0.2) is 0 Å². The number of nitrogens with zero attached hydrogens (tertiary/aromatic N) is 1. The minimum absolute atomic E-state index is 0.00400. The normalized spacial score (nSPS) is 12.4. The van der Waals surface area contributed by atoms with Gasteiger partial charge in [-0.1, -0.05) is 78.9 Å². The van der Waals surface area contributed by atoms with Crippen LogP contribution in [-0.2, 0) is 22.4 Å². The molecule has 6 nitrogen and oxygen atoms in total. The van der Waals surface area contributed by atoms with Gasteiger partial charge in [-0.05, 0) is 96.6 Å². The second kappa shape index (κ2) is 14.1. The number of hydrogen-bond acceptors (Lipinski definition) is 4. The summed E-state index contributed by atoms with van der Waals surface area (Å²) in [5, 5.41) is 5.69. The molecule has 2 N–H and O–H groups in total. The van der Waals surface area contributed by atoms with Crippen molar-refractivity contribution in [1.29, 1.82) is 0 Å². The Balaban J connectivity index is 1.15. The lowest BCUT2D eigenvalue weighted by Gasteiger charge is -2.25. The summed E-state index contributed by atoms with van der Waals surface area (Å²) >= 11 is 1.45. The predicted octanol–water partition coefficient (Wildman–Crippen LogP) is 7.96. The van der Waals surface area contributed by atoms with E-state index in [0.29, 0.717) is 11.3 Å². The van der Waals surface area contributed by atoms with Crippen LogP contribution in [0.5, 0.6) is 0 Å². The third kappa shape index (κ3) is 7.11. The van der Waals surface area contributed by atoms with Crippen molar-refractivity contribution in [3.63, 3.8) is 0 Å². The van der Waals surface area contributed by atoms with E-state index < -0.39 is 5.91 Å². The number of amides is 3. The van der Waals surface area contributed by atoms with Crippen molar-refractivity contribution >= 4 is 52.6 Å². The van der Waals surface area contributed by atoms with Gasteiger partial charge in [-0.3, -0.25) is 19.3 Å². The van der Waals surface area contributed by atoms with Crippen molar-refractivity contribution in [2.24, 2.45) is 0 Å². The summed E-state index contributed by atoms with van der Waals surface area (Å²) in [4.78, 5) is 42.9. The van der Waals surface area contributed by atoms with Crippen LogP contribution in [0.25, 0.3) is 6.08 Å². The number of hydrogen-bond donors (Lipinski definition) is 2. The van der Waals surface area contributed by atoms with Gasteiger partial charge in [-0.25, -0.2) is 0 Å². The van der Waals surface area contributed by atoms with Crippen molar-refractivity contribution in [2.75, 3.05) is 16.0 Å². The summed E-state index contributed by atoms with van der Waals surface area (Å²) in [5.41, 5.74) is 7.15. The molecule has 0 fully saturated rings. The fourth-order valence-electron chi connectivity index (χ4n) is 5.44. The molecule has 3 amide bonds. The first-order valence-electron chi connectivity index (χ1n) is 15.1. The number of thioether (sulfide) groups is 1. The fourth-order valence-corrected chi connectivity index (χ4v) is 6.19. The number of carbonyl (C=O) groups is 3. The van der Waals surface area contributed by atoms with E-state index in [1.165, 1.54) is 11.8 Å². The average Bonchev–Trinajstić information content (AvgIpc) is 3.26. The highest BCUT2D eigenvalue weighted by molar-refractivity contribution is 8.00. The Morgan fingerprint density at radius 2 is 1.30 bits per heavy atom. The first-order chi connectivity index (χ1) is 22.5. The maximum Gasteiger partial charge on any atom is 0.272 e. The second-order valence-electron chi connectivity index (χ2n) is 11.0. The summed E-state index contributed by atoms with van der Waals surface area (Å²) in [7, 11) is 0. The lowest BCUT2D eigenvalue weighted by molar-refractivity contribution is -0.115. The molecule has 228 valence electrons. The molecule has 6 rings (SSSR count). The van der Waals surface area contributed by atoms with E-state index in [-0.39, 0.29) is 23.3 Å². The van der Waals surface area contributed by atoms with Crippen LogP contribution in [0, 0.1) is 6.92 Å². The van der Waals surface area contributed by atoms with E-state index in [2.05, 4.69) is 22.8 Å². The minimum atomic E-state index is -0.443. The van der Waals surface area contributed by atoms with E-state index in [1.807, 2.05) is 90.7 Å². The molecule has 0 saturated carbocycles. The topological polar surface area (TPSA) is 78.5 Å². The maximum absolute atomic E-state index is 13.7. The Morgan fingerprint density at radius 1 is 0.717 bits per heavy atom. The molecule has 0 aliphatic carbocycles. The number of fused-ring (bicyclic) bond motifs is 2. The SMILES string of the molecule is Cc1ccccc1/C=C(\NC(=O)c1ccccc1)C(=O)Nc1ccc(SCC(=O)N2c3ccccc3CCc3ccccc32)cc1. The number of aryl methyl sites for hydroxylation is 3. The predicted molar refractivity (Wildman–Crippen MR) is 186 cm³/mol. The standard InChI is InChI=1S/C39H33N3O3S/c1-27-11-5-6-16-31(27)25-34(41-38(44)30-14-3-2-4-15-30)39(45)40-32-21-23-33(24-22-32)46-26-37(43)42-35-17-9-7-12-28(35)19-20-29-13-8-10-18-36(29)42/h2-18,21-25H,19-20,26H2,1H3,(H,40,45)(H,41,44)/b34-25-. The van der Waals surface area contributed by atoms with Gasteiger partial charge in [0.2, 0.25) is 5.91 Å². The Hall–Kier alpha value is -5.40. The van der Waals surface area contributed by atoms with E-state index in [0.717, 1.165) is 51.4 Å². The number of carbonyl (C=O) groups excluding carboxylic acids is 3. The lowest BCUT2D eigenvalue weighted by atomic mass is 10.0. The molecule has 7 heteroatoms. The molecule has 0 bridgehead atoms. The summed E-state index contributed by atoms with van der Waals surface area (Å²) in [5.74, 6) is -0.559. The monoisotopic (exact) mass is 623 g/mol. The number of benzene rings is 5. The summed E-state index contributed by atoms with van der Waals surface area (Å²) in [6, 6.07) is 40.0. The largest absolute Gasteiger partial charge is 0.321 e. The summed E-state index contributed by atoms with van der Waals surface area (Å²) in [6.07, 6.45) is 3.45. The second-order valence-corrected chi connectivity index (χ2v) is 12.0. The van der Waals surface area contributed by atoms with E-state index in [9.17, 15) is 14.4 Å². The minimum Gasteiger partial charge on any atom is -0.321 e. The molecular weight excluding hydrogens is 591 g/mol. The molecule has 1 heterocycles. The summed E-state index contributed by atoms with van der Waals surface area (Å²) in [6.45, 7) is 1.95. The van der Waals surface area contributed by atoms with Gasteiger partial charge in [0.05, 0.1) is 17.1 Å². The quantitative estimate of drug-likeness (QED) is 0.136. The smallest absolute Gasteiger partial charge is 0.272 e. The molecule has 5 aromatic rings. The van der Waals surface area contributed by atoms with E-state index in [4.69, 9.17) is 0 Å². The van der Waals surface area contributed by atoms with Gasteiger partial charge in [-0.15, -0.1) is 11.8 Å². The van der Waals surface area contributed by atoms with Crippen LogP contribution >= 0.6 is 11.8 Å². The third-order valence-electron chi connectivity index (χ3n) is 7.87. The molecule has 0 atom stereocenters. The molecule has 0 radical (unpaired) electrons. The van der Waals surface area contributed by atoms with E-state index >= 15 is 0 Å². The van der Waals surface area contributed by atoms with Crippen LogP contribution in [0.2, 0.25) is 0 Å². The Labute approximate surface area is 273 Å².